The van der Waals surface area contributed by atoms with Gasteiger partial charge in [-0.3, -0.25) is 14.2 Å². The largest absolute Gasteiger partial charge is 0.497 e. The number of aliphatic carboxylic acids is 1. The maximum atomic E-state index is 13.2. The molecule has 0 spiro atoms. The summed E-state index contributed by atoms with van der Waals surface area (Å²) in [6, 6.07) is 10.3. The lowest BCUT2D eigenvalue weighted by molar-refractivity contribution is -0.136. The molecule has 3 aromatic rings. The van der Waals surface area contributed by atoms with Crippen molar-refractivity contribution in [3.8, 4) is 17.2 Å². The third kappa shape index (κ3) is 2.77. The molecule has 1 aliphatic rings. The third-order valence-electron chi connectivity index (χ3n) is 4.69. The second-order valence-electron chi connectivity index (χ2n) is 6.23. The van der Waals surface area contributed by atoms with Gasteiger partial charge >= 0.3 is 5.97 Å². The van der Waals surface area contributed by atoms with Crippen LogP contribution in [-0.2, 0) is 11.2 Å². The summed E-state index contributed by atoms with van der Waals surface area (Å²) in [4.78, 5) is 24.6. The first-order chi connectivity index (χ1) is 13.0. The van der Waals surface area contributed by atoms with E-state index in [0.717, 1.165) is 0 Å². The number of fused-ring (bicyclic) bond motifs is 2. The first-order valence-corrected chi connectivity index (χ1v) is 8.33. The smallest absolute Gasteiger partial charge is 0.307 e. The maximum Gasteiger partial charge on any atom is 0.307 e. The van der Waals surface area contributed by atoms with Crippen LogP contribution in [0, 0.1) is 6.92 Å². The molecule has 0 saturated heterocycles. The van der Waals surface area contributed by atoms with Crippen molar-refractivity contribution in [2.24, 2.45) is 0 Å². The second-order valence-corrected chi connectivity index (χ2v) is 6.23. The molecule has 0 fully saturated rings. The van der Waals surface area contributed by atoms with Crippen LogP contribution in [-0.4, -0.2) is 35.5 Å². The quantitative estimate of drug-likeness (QED) is 0.763. The number of aromatic nitrogens is 1. The summed E-state index contributed by atoms with van der Waals surface area (Å²) in [5.41, 5.74) is 2.23. The highest BCUT2D eigenvalue weighted by Gasteiger charge is 2.23. The molecular formula is C20H17NO6. The van der Waals surface area contributed by atoms with Crippen molar-refractivity contribution in [3.63, 3.8) is 0 Å². The van der Waals surface area contributed by atoms with Crippen molar-refractivity contribution in [3.05, 3.63) is 53.2 Å². The Morgan fingerprint density at radius 1 is 1.15 bits per heavy atom. The molecule has 7 heteroatoms. The van der Waals surface area contributed by atoms with Crippen molar-refractivity contribution >= 4 is 22.8 Å². The summed E-state index contributed by atoms with van der Waals surface area (Å²) in [6.45, 7) is 1.87. The van der Waals surface area contributed by atoms with Gasteiger partial charge in [0.2, 0.25) is 6.79 Å². The maximum absolute atomic E-state index is 13.2. The number of rotatable bonds is 4. The van der Waals surface area contributed by atoms with Crippen LogP contribution in [0.25, 0.3) is 10.9 Å². The fraction of sp³-hybridized carbons (Fsp3) is 0.200. The van der Waals surface area contributed by atoms with E-state index in [-0.39, 0.29) is 19.1 Å². The highest BCUT2D eigenvalue weighted by atomic mass is 16.7. The summed E-state index contributed by atoms with van der Waals surface area (Å²) >= 11 is 0. The van der Waals surface area contributed by atoms with Gasteiger partial charge in [0.15, 0.2) is 11.5 Å². The number of nitrogens with zero attached hydrogens (tertiary/aromatic N) is 1. The van der Waals surface area contributed by atoms with Gasteiger partial charge in [-0.1, -0.05) is 0 Å². The van der Waals surface area contributed by atoms with Gasteiger partial charge in [-0.2, -0.15) is 0 Å². The Kier molecular flexibility index (Phi) is 3.99. The lowest BCUT2D eigenvalue weighted by Gasteiger charge is -2.08. The van der Waals surface area contributed by atoms with E-state index in [1.165, 1.54) is 4.57 Å². The fourth-order valence-electron chi connectivity index (χ4n) is 3.38. The van der Waals surface area contributed by atoms with Gasteiger partial charge in [0.25, 0.3) is 5.91 Å². The van der Waals surface area contributed by atoms with Gasteiger partial charge in [-0.05, 0) is 48.9 Å². The molecule has 27 heavy (non-hydrogen) atoms. The van der Waals surface area contributed by atoms with Gasteiger partial charge in [0.05, 0.1) is 19.0 Å². The molecule has 0 atom stereocenters. The predicted molar refractivity (Wildman–Crippen MR) is 96.9 cm³/mol. The van der Waals surface area contributed by atoms with Crippen LogP contribution in [0.4, 0.5) is 0 Å². The van der Waals surface area contributed by atoms with Crippen LogP contribution in [0.5, 0.6) is 17.2 Å². The third-order valence-corrected chi connectivity index (χ3v) is 4.69. The van der Waals surface area contributed by atoms with E-state index in [1.807, 2.05) is 0 Å². The minimum Gasteiger partial charge on any atom is -0.497 e. The topological polar surface area (TPSA) is 87.0 Å². The Hall–Kier alpha value is -3.48. The summed E-state index contributed by atoms with van der Waals surface area (Å²) in [5, 5.41) is 9.98. The molecule has 2 aromatic carbocycles. The van der Waals surface area contributed by atoms with E-state index in [9.17, 15) is 14.7 Å². The average molecular weight is 367 g/mol. The molecule has 0 unspecified atom stereocenters. The number of carbonyl (C=O) groups excluding carboxylic acids is 1. The van der Waals surface area contributed by atoms with E-state index in [0.29, 0.717) is 45.0 Å². The molecule has 1 N–H and O–H groups in total. The molecule has 0 amide bonds. The molecule has 2 heterocycles. The molecular weight excluding hydrogens is 350 g/mol. The van der Waals surface area contributed by atoms with Crippen molar-refractivity contribution in [1.29, 1.82) is 0 Å². The normalized spacial score (nSPS) is 12.4. The Labute approximate surface area is 154 Å². The Morgan fingerprint density at radius 3 is 2.67 bits per heavy atom. The van der Waals surface area contributed by atoms with Gasteiger partial charge in [-0.25, -0.2) is 0 Å². The number of carboxylic acid groups (broad SMARTS) is 1. The molecule has 7 nitrogen and oxygen atoms in total. The molecule has 1 aliphatic heterocycles. The first kappa shape index (κ1) is 17.0. The zero-order valence-electron chi connectivity index (χ0n) is 14.8. The van der Waals surface area contributed by atoms with Gasteiger partial charge < -0.3 is 19.3 Å². The fourth-order valence-corrected chi connectivity index (χ4v) is 3.38. The van der Waals surface area contributed by atoms with Crippen LogP contribution >= 0.6 is 0 Å². The molecule has 4 rings (SSSR count). The van der Waals surface area contributed by atoms with Crippen molar-refractivity contribution in [2.45, 2.75) is 13.3 Å². The minimum absolute atomic E-state index is 0.126. The first-order valence-electron chi connectivity index (χ1n) is 8.33. The number of carboxylic acids is 1. The summed E-state index contributed by atoms with van der Waals surface area (Å²) in [5.74, 6) is 0.481. The van der Waals surface area contributed by atoms with Gasteiger partial charge in [0.1, 0.15) is 5.75 Å². The second kappa shape index (κ2) is 6.35. The number of carbonyl (C=O) groups is 2. The highest BCUT2D eigenvalue weighted by Crippen LogP contribution is 2.34. The van der Waals surface area contributed by atoms with Crippen LogP contribution < -0.4 is 14.2 Å². The van der Waals surface area contributed by atoms with Gasteiger partial charge in [-0.15, -0.1) is 0 Å². The van der Waals surface area contributed by atoms with Crippen molar-refractivity contribution in [1.82, 2.24) is 4.57 Å². The number of hydrogen-bond donors (Lipinski definition) is 1. The molecule has 0 aliphatic carbocycles. The van der Waals surface area contributed by atoms with Crippen molar-refractivity contribution in [2.75, 3.05) is 13.9 Å². The lowest BCUT2D eigenvalue weighted by atomic mass is 10.1. The molecule has 0 saturated carbocycles. The van der Waals surface area contributed by atoms with E-state index >= 15 is 0 Å². The molecule has 1 aromatic heterocycles. The average Bonchev–Trinajstić information content (AvgIpc) is 3.23. The predicted octanol–water partition coefficient (Wildman–Crippen LogP) is 3.00. The van der Waals surface area contributed by atoms with E-state index < -0.39 is 5.97 Å². The summed E-state index contributed by atoms with van der Waals surface area (Å²) in [7, 11) is 1.54. The number of hydrogen-bond acceptors (Lipinski definition) is 5. The molecule has 0 radical (unpaired) electrons. The van der Waals surface area contributed by atoms with Crippen LogP contribution in [0.1, 0.15) is 21.6 Å². The van der Waals surface area contributed by atoms with Gasteiger partial charge in [0, 0.05) is 16.6 Å². The zero-order valence-corrected chi connectivity index (χ0v) is 14.8. The van der Waals surface area contributed by atoms with E-state index in [4.69, 9.17) is 14.2 Å². The highest BCUT2D eigenvalue weighted by molar-refractivity contribution is 6.05. The number of benzene rings is 2. The standard InChI is InChI=1S/C20H17NO6/c1-11-14(9-19(22)23)15-8-13(25-2)4-5-16(15)21(11)20(24)12-3-6-17-18(7-12)27-10-26-17/h3-8H,9-10H2,1-2H3,(H,22,23). The lowest BCUT2D eigenvalue weighted by Crippen LogP contribution is -2.14. The Balaban J connectivity index is 1.89. The number of methoxy groups -OCH3 is 1. The summed E-state index contributed by atoms with van der Waals surface area (Å²) in [6.07, 6.45) is -0.184. The Bertz CT molecular complexity index is 1080. The minimum atomic E-state index is -0.963. The molecule has 138 valence electrons. The van der Waals surface area contributed by atoms with Crippen LogP contribution in [0.3, 0.4) is 0 Å². The van der Waals surface area contributed by atoms with Crippen LogP contribution in [0.15, 0.2) is 36.4 Å². The van der Waals surface area contributed by atoms with E-state index in [1.54, 1.807) is 50.4 Å². The summed E-state index contributed by atoms with van der Waals surface area (Å²) < 4.78 is 17.4. The Morgan fingerprint density at radius 2 is 1.93 bits per heavy atom. The number of ether oxygens (including phenoxy) is 3. The SMILES string of the molecule is COc1ccc2c(c1)c(CC(=O)O)c(C)n2C(=O)c1ccc2c(c1)OCO2. The monoisotopic (exact) mass is 367 g/mol. The van der Waals surface area contributed by atoms with E-state index in [2.05, 4.69) is 0 Å². The zero-order chi connectivity index (χ0) is 19.1. The van der Waals surface area contributed by atoms with Crippen molar-refractivity contribution < 1.29 is 28.9 Å². The molecule has 0 bridgehead atoms. The van der Waals surface area contributed by atoms with Crippen LogP contribution in [0.2, 0.25) is 0 Å².